The highest BCUT2D eigenvalue weighted by Gasteiger charge is 2.20. The first kappa shape index (κ1) is 7.66. The number of hydrogen-bond acceptors (Lipinski definition) is 2. The molecule has 0 atom stereocenters. The van der Waals surface area contributed by atoms with Crippen molar-refractivity contribution in [2.75, 3.05) is 0 Å². The Kier molecular flexibility index (Phi) is 2.19. The van der Waals surface area contributed by atoms with E-state index in [1.165, 1.54) is 0 Å². The van der Waals surface area contributed by atoms with Gasteiger partial charge in [-0.05, 0) is 4.94 Å². The van der Waals surface area contributed by atoms with Crippen molar-refractivity contribution in [2.24, 2.45) is 0 Å². The van der Waals surface area contributed by atoms with Crippen LogP contribution in [0.3, 0.4) is 0 Å². The van der Waals surface area contributed by atoms with Gasteiger partial charge in [0.25, 0.3) is 0 Å². The molecule has 8 heavy (non-hydrogen) atoms. The quantitative estimate of drug-likeness (QED) is 0.553. The lowest BCUT2D eigenvalue weighted by molar-refractivity contribution is -0.0574. The summed E-state index contributed by atoms with van der Waals surface area (Å²) in [6.45, 7) is 0. The fourth-order valence-electron chi connectivity index (χ4n) is 0.0261. The van der Waals surface area contributed by atoms with Crippen LogP contribution < -0.4 is 4.94 Å². The second-order valence-electron chi connectivity index (χ2n) is 0.754. The molecule has 0 heterocycles. The van der Waals surface area contributed by atoms with Crippen LogP contribution in [0.25, 0.3) is 0 Å². The summed E-state index contributed by atoms with van der Waals surface area (Å²) in [5.41, 5.74) is 0. The number of nitrogens with one attached hydrogen (secondary N) is 1. The Labute approximate surface area is 42.9 Å². The van der Waals surface area contributed by atoms with Gasteiger partial charge in [-0.3, -0.25) is 0 Å². The standard InChI is InChI=1S/F3HN2O2S/c1-4-8(6,7)5(2)3/h4H. The molecule has 0 aromatic carbocycles. The van der Waals surface area contributed by atoms with Crippen molar-refractivity contribution in [2.45, 2.75) is 0 Å². The van der Waals surface area contributed by atoms with Gasteiger partial charge in [-0.15, -0.1) is 4.48 Å². The van der Waals surface area contributed by atoms with Crippen LogP contribution in [0.2, 0.25) is 0 Å². The molecule has 0 spiro atoms. The van der Waals surface area contributed by atoms with Crippen molar-refractivity contribution < 1.29 is 21.9 Å². The number of nitrogens with zero attached hydrogens (tertiary/aromatic N) is 1. The van der Waals surface area contributed by atoms with Gasteiger partial charge in [-0.25, -0.2) is 0 Å². The summed E-state index contributed by atoms with van der Waals surface area (Å²) in [6, 6.07) is 0. The molecule has 0 aliphatic carbocycles. The van der Waals surface area contributed by atoms with E-state index in [9.17, 15) is 21.9 Å². The lowest BCUT2D eigenvalue weighted by Crippen LogP contribution is -2.24. The number of halogens is 3. The molecule has 4 nitrogen and oxygen atoms in total. The third kappa shape index (κ3) is 1.64. The second kappa shape index (κ2) is 2.29. The van der Waals surface area contributed by atoms with Crippen molar-refractivity contribution in [1.82, 2.24) is 9.69 Å². The Morgan fingerprint density at radius 1 is 1.38 bits per heavy atom. The van der Waals surface area contributed by atoms with E-state index in [0.717, 1.165) is 0 Å². The molecular formula is HF3N2O2S. The van der Waals surface area contributed by atoms with Gasteiger partial charge in [-0.2, -0.15) is 8.42 Å². The first-order valence-corrected chi connectivity index (χ1v) is 2.69. The van der Waals surface area contributed by atoms with E-state index in [0.29, 0.717) is 0 Å². The predicted octanol–water partition coefficient (Wildman–Crippen LogP) is -0.224. The molecule has 0 radical (unpaired) electrons. The minimum absolute atomic E-state index is 0.111. The molecule has 0 aliphatic rings. The molecular weight excluding hydrogens is 149 g/mol. The van der Waals surface area contributed by atoms with Crippen LogP contribution in [0.15, 0.2) is 0 Å². The highest BCUT2D eigenvalue weighted by atomic mass is 32.2. The minimum atomic E-state index is -5.15. The highest BCUT2D eigenvalue weighted by Crippen LogP contribution is 1.96. The van der Waals surface area contributed by atoms with E-state index in [2.05, 4.69) is 0 Å². The fraction of sp³-hybridized carbons (Fsp3) is 0. The molecule has 1 N–H and O–H groups in total. The van der Waals surface area contributed by atoms with Gasteiger partial charge in [0.2, 0.25) is 0 Å². The molecule has 50 valence electrons. The zero-order valence-corrected chi connectivity index (χ0v) is 4.12. The number of hydrogen-bond donors (Lipinski definition) is 1. The monoisotopic (exact) mass is 150 g/mol. The van der Waals surface area contributed by atoms with Crippen molar-refractivity contribution in [1.29, 1.82) is 0 Å². The van der Waals surface area contributed by atoms with E-state index < -0.39 is 15.0 Å². The Morgan fingerprint density at radius 2 is 1.75 bits per heavy atom. The Bertz CT molecular complexity index is 149. The summed E-state index contributed by atoms with van der Waals surface area (Å²) in [7, 11) is -5.15. The molecule has 0 saturated heterocycles. The van der Waals surface area contributed by atoms with Gasteiger partial charge in [0.05, 0.1) is 0 Å². The third-order valence-electron chi connectivity index (χ3n) is 0.279. The van der Waals surface area contributed by atoms with Crippen molar-refractivity contribution in [3.63, 3.8) is 0 Å². The van der Waals surface area contributed by atoms with Crippen LogP contribution in [0.1, 0.15) is 0 Å². The van der Waals surface area contributed by atoms with Gasteiger partial charge in [0.1, 0.15) is 0 Å². The lowest BCUT2D eigenvalue weighted by atomic mass is 13.6. The molecule has 0 aromatic rings. The summed E-state index contributed by atoms with van der Waals surface area (Å²) in [6.07, 6.45) is 0. The molecule has 0 unspecified atom stereocenters. The summed E-state index contributed by atoms with van der Waals surface area (Å²) in [5, 5.41) is 0. The van der Waals surface area contributed by atoms with Crippen LogP contribution in [0.4, 0.5) is 13.4 Å². The average molecular weight is 150 g/mol. The van der Waals surface area contributed by atoms with Gasteiger partial charge in [0.15, 0.2) is 4.75 Å². The normalized spacial score (nSPS) is 12.5. The van der Waals surface area contributed by atoms with Gasteiger partial charge in [-0.1, -0.05) is 8.96 Å². The summed E-state index contributed by atoms with van der Waals surface area (Å²) >= 11 is 0. The maximum Gasteiger partial charge on any atom is 0.360 e. The molecule has 0 bridgehead atoms. The van der Waals surface area contributed by atoms with Crippen molar-refractivity contribution in [3.8, 4) is 0 Å². The Hall–Kier alpha value is -0.340. The smallest absolute Gasteiger partial charge is 0.188 e. The van der Waals surface area contributed by atoms with Crippen LogP contribution in [0.5, 0.6) is 0 Å². The largest absolute Gasteiger partial charge is 0.360 e. The third-order valence-corrected chi connectivity index (χ3v) is 0.838. The van der Waals surface area contributed by atoms with E-state index >= 15 is 0 Å². The Morgan fingerprint density at radius 3 is 1.75 bits per heavy atom. The summed E-state index contributed by atoms with van der Waals surface area (Å²) < 4.78 is 48.7. The predicted molar refractivity (Wildman–Crippen MR) is 17.2 cm³/mol. The molecule has 0 aromatic heterocycles. The molecule has 0 amide bonds. The fourth-order valence-corrected chi connectivity index (χ4v) is 0.0782. The first-order chi connectivity index (χ1) is 3.50. The lowest BCUT2D eigenvalue weighted by Gasteiger charge is -1.94. The van der Waals surface area contributed by atoms with Gasteiger partial charge in [0, 0.05) is 0 Å². The van der Waals surface area contributed by atoms with E-state index in [1.807, 2.05) is 0 Å². The van der Waals surface area contributed by atoms with Crippen molar-refractivity contribution >= 4 is 10.2 Å². The maximum absolute atomic E-state index is 10.8. The summed E-state index contributed by atoms with van der Waals surface area (Å²) in [5.74, 6) is 0. The average Bonchev–Trinajstić information content (AvgIpc) is 1.67. The molecule has 0 fully saturated rings. The van der Waals surface area contributed by atoms with Gasteiger partial charge < -0.3 is 0 Å². The van der Waals surface area contributed by atoms with E-state index in [-0.39, 0.29) is 4.94 Å². The zero-order valence-electron chi connectivity index (χ0n) is 3.31. The second-order valence-corrected chi connectivity index (χ2v) is 2.13. The van der Waals surface area contributed by atoms with E-state index in [4.69, 9.17) is 0 Å². The van der Waals surface area contributed by atoms with Crippen molar-refractivity contribution in [3.05, 3.63) is 0 Å². The molecule has 0 aliphatic heterocycles. The van der Waals surface area contributed by atoms with Crippen LogP contribution in [0, 0.1) is 0 Å². The van der Waals surface area contributed by atoms with Gasteiger partial charge >= 0.3 is 10.2 Å². The van der Waals surface area contributed by atoms with Crippen LogP contribution in [-0.4, -0.2) is 13.2 Å². The Balaban J connectivity index is 4.17. The van der Waals surface area contributed by atoms with Crippen LogP contribution >= 0.6 is 0 Å². The number of rotatable bonds is 2. The highest BCUT2D eigenvalue weighted by molar-refractivity contribution is 7.86. The first-order valence-electron chi connectivity index (χ1n) is 1.25. The molecule has 0 saturated carbocycles. The minimum Gasteiger partial charge on any atom is -0.188 e. The zero-order chi connectivity index (χ0) is 6.78. The SMILES string of the molecule is O=S(=O)(NF)N(F)F. The topological polar surface area (TPSA) is 49.4 Å². The maximum atomic E-state index is 10.8. The molecule has 0 rings (SSSR count). The van der Waals surface area contributed by atoms with E-state index in [1.54, 1.807) is 0 Å². The van der Waals surface area contributed by atoms with Crippen LogP contribution in [-0.2, 0) is 10.2 Å². The summed E-state index contributed by atoms with van der Waals surface area (Å²) in [4.78, 5) is -0.111. The molecule has 8 heteroatoms.